The minimum absolute atomic E-state index is 0.0166. The van der Waals surface area contributed by atoms with E-state index in [1.807, 2.05) is 12.1 Å². The van der Waals surface area contributed by atoms with Crippen molar-refractivity contribution < 1.29 is 14.7 Å². The largest absolute Gasteiger partial charge is 0.502 e. The number of hydrogen-bond acceptors (Lipinski definition) is 3. The average Bonchev–Trinajstić information content (AvgIpc) is 2.52. The number of amides is 2. The van der Waals surface area contributed by atoms with Crippen LogP contribution in [0.5, 0.6) is 0 Å². The van der Waals surface area contributed by atoms with Gasteiger partial charge in [-0.25, -0.2) is 0 Å². The normalized spacial score (nSPS) is 16.2. The topological polar surface area (TPSA) is 66.4 Å². The third-order valence-corrected chi connectivity index (χ3v) is 2.95. The van der Waals surface area contributed by atoms with Crippen LogP contribution in [0.4, 0.5) is 0 Å². The zero-order valence-corrected chi connectivity index (χ0v) is 10.6. The molecule has 0 aromatic heterocycles. The molecule has 18 heavy (non-hydrogen) atoms. The molecule has 0 fully saturated rings. The van der Waals surface area contributed by atoms with Crippen molar-refractivity contribution in [1.82, 2.24) is 5.32 Å². The monoisotopic (exact) mass is 245 g/mol. The third-order valence-electron chi connectivity index (χ3n) is 2.95. The molecule has 0 aliphatic carbocycles. The molecule has 94 valence electrons. The van der Waals surface area contributed by atoms with Crippen LogP contribution in [-0.4, -0.2) is 16.9 Å². The molecule has 2 rings (SSSR count). The van der Waals surface area contributed by atoms with Gasteiger partial charge in [-0.1, -0.05) is 45.0 Å². The summed E-state index contributed by atoms with van der Waals surface area (Å²) in [6.07, 6.45) is 0. The van der Waals surface area contributed by atoms with Crippen LogP contribution >= 0.6 is 0 Å². The Morgan fingerprint density at radius 1 is 1.00 bits per heavy atom. The van der Waals surface area contributed by atoms with Crippen molar-refractivity contribution >= 4 is 17.4 Å². The molecule has 0 atom stereocenters. The van der Waals surface area contributed by atoms with Crippen molar-refractivity contribution in [3.05, 3.63) is 41.2 Å². The van der Waals surface area contributed by atoms with Crippen LogP contribution in [-0.2, 0) is 15.0 Å². The Kier molecular flexibility index (Phi) is 2.73. The van der Waals surface area contributed by atoms with Crippen molar-refractivity contribution in [2.45, 2.75) is 26.2 Å². The number of aliphatic hydroxyl groups is 1. The summed E-state index contributed by atoms with van der Waals surface area (Å²) in [5, 5.41) is 11.6. The van der Waals surface area contributed by atoms with E-state index in [9.17, 15) is 14.7 Å². The molecular formula is C14H15NO3. The average molecular weight is 245 g/mol. The minimum Gasteiger partial charge on any atom is -0.502 e. The summed E-state index contributed by atoms with van der Waals surface area (Å²) in [6, 6.07) is 7.27. The number of hydrogen-bond donors (Lipinski definition) is 2. The van der Waals surface area contributed by atoms with Crippen molar-refractivity contribution in [3.8, 4) is 0 Å². The second kappa shape index (κ2) is 3.98. The van der Waals surface area contributed by atoms with E-state index in [0.717, 1.165) is 5.56 Å². The molecule has 1 aliphatic heterocycles. The molecule has 1 aromatic rings. The quantitative estimate of drug-likeness (QED) is 0.743. The summed E-state index contributed by atoms with van der Waals surface area (Å²) < 4.78 is 0. The fraction of sp³-hybridized carbons (Fsp3) is 0.286. The zero-order chi connectivity index (χ0) is 13.5. The molecule has 4 nitrogen and oxygen atoms in total. The van der Waals surface area contributed by atoms with Crippen molar-refractivity contribution in [1.29, 1.82) is 0 Å². The zero-order valence-electron chi connectivity index (χ0n) is 10.6. The number of carbonyl (C=O) groups is 2. The van der Waals surface area contributed by atoms with Crippen LogP contribution in [0.3, 0.4) is 0 Å². The fourth-order valence-electron chi connectivity index (χ4n) is 1.85. The molecule has 2 amide bonds. The summed E-state index contributed by atoms with van der Waals surface area (Å²) in [7, 11) is 0. The number of imide groups is 1. The van der Waals surface area contributed by atoms with E-state index in [1.54, 1.807) is 12.1 Å². The van der Waals surface area contributed by atoms with E-state index in [-0.39, 0.29) is 11.0 Å². The maximum atomic E-state index is 11.5. The summed E-state index contributed by atoms with van der Waals surface area (Å²) in [4.78, 5) is 22.7. The van der Waals surface area contributed by atoms with Crippen LogP contribution in [0.2, 0.25) is 0 Å². The Morgan fingerprint density at radius 2 is 1.56 bits per heavy atom. The first-order valence-corrected chi connectivity index (χ1v) is 5.70. The summed E-state index contributed by atoms with van der Waals surface area (Å²) in [5.74, 6) is -1.81. The highest BCUT2D eigenvalue weighted by molar-refractivity contribution is 6.35. The van der Waals surface area contributed by atoms with Gasteiger partial charge in [0.25, 0.3) is 11.8 Å². The van der Waals surface area contributed by atoms with Gasteiger partial charge in [0, 0.05) is 0 Å². The molecule has 1 aliphatic rings. The van der Waals surface area contributed by atoms with Gasteiger partial charge in [-0.3, -0.25) is 14.9 Å². The van der Waals surface area contributed by atoms with Gasteiger partial charge in [-0.15, -0.1) is 0 Å². The first-order valence-electron chi connectivity index (χ1n) is 5.70. The second-order valence-electron chi connectivity index (χ2n) is 5.33. The molecule has 0 spiro atoms. The van der Waals surface area contributed by atoms with E-state index >= 15 is 0 Å². The van der Waals surface area contributed by atoms with Gasteiger partial charge >= 0.3 is 0 Å². The van der Waals surface area contributed by atoms with Crippen LogP contribution in [0.15, 0.2) is 30.0 Å². The molecule has 1 aromatic carbocycles. The number of benzene rings is 1. The Balaban J connectivity index is 2.43. The maximum Gasteiger partial charge on any atom is 0.293 e. The lowest BCUT2D eigenvalue weighted by atomic mass is 9.86. The Hall–Kier alpha value is -2.10. The van der Waals surface area contributed by atoms with Crippen LogP contribution in [0.1, 0.15) is 31.9 Å². The van der Waals surface area contributed by atoms with Crippen LogP contribution in [0, 0.1) is 0 Å². The Morgan fingerprint density at radius 3 is 1.94 bits per heavy atom. The van der Waals surface area contributed by atoms with Gasteiger partial charge in [0.2, 0.25) is 0 Å². The smallest absolute Gasteiger partial charge is 0.293 e. The lowest BCUT2D eigenvalue weighted by Gasteiger charge is -2.19. The molecule has 1 heterocycles. The molecule has 0 saturated carbocycles. The molecule has 0 radical (unpaired) electrons. The molecule has 2 N–H and O–H groups in total. The third kappa shape index (κ3) is 2.01. The van der Waals surface area contributed by atoms with E-state index in [4.69, 9.17) is 0 Å². The van der Waals surface area contributed by atoms with E-state index < -0.39 is 17.6 Å². The summed E-state index contributed by atoms with van der Waals surface area (Å²) in [5.41, 5.74) is 1.73. The lowest BCUT2D eigenvalue weighted by Crippen LogP contribution is -2.22. The minimum atomic E-state index is -0.741. The predicted octanol–water partition coefficient (Wildman–Crippen LogP) is 1.91. The van der Waals surface area contributed by atoms with Crippen LogP contribution < -0.4 is 5.32 Å². The van der Waals surface area contributed by atoms with Crippen molar-refractivity contribution in [2.75, 3.05) is 0 Å². The molecule has 4 heteroatoms. The maximum absolute atomic E-state index is 11.5. The highest BCUT2D eigenvalue weighted by atomic mass is 16.3. The molecular weight excluding hydrogens is 230 g/mol. The first-order chi connectivity index (χ1) is 8.30. The van der Waals surface area contributed by atoms with Crippen molar-refractivity contribution in [3.63, 3.8) is 0 Å². The van der Waals surface area contributed by atoms with Crippen molar-refractivity contribution in [2.24, 2.45) is 0 Å². The van der Waals surface area contributed by atoms with Gasteiger partial charge < -0.3 is 5.11 Å². The van der Waals surface area contributed by atoms with Gasteiger partial charge in [0.15, 0.2) is 5.76 Å². The number of nitrogens with one attached hydrogen (secondary N) is 1. The van der Waals surface area contributed by atoms with E-state index in [0.29, 0.717) is 5.56 Å². The first kappa shape index (κ1) is 12.4. The van der Waals surface area contributed by atoms with Gasteiger partial charge in [-0.05, 0) is 16.5 Å². The standard InChI is InChI=1S/C14H15NO3/c1-14(2,3)9-6-4-8(5-7-9)10-11(16)13(18)15-12(10)17/h4-7H,1-3H3,(H2,15,16,17,18). The fourth-order valence-corrected chi connectivity index (χ4v) is 1.85. The highest BCUT2D eigenvalue weighted by Crippen LogP contribution is 2.26. The Labute approximate surface area is 105 Å². The second-order valence-corrected chi connectivity index (χ2v) is 5.33. The van der Waals surface area contributed by atoms with E-state index in [1.165, 1.54) is 0 Å². The predicted molar refractivity (Wildman–Crippen MR) is 67.8 cm³/mol. The van der Waals surface area contributed by atoms with Gasteiger partial charge in [-0.2, -0.15) is 0 Å². The van der Waals surface area contributed by atoms with E-state index in [2.05, 4.69) is 26.1 Å². The number of carbonyl (C=O) groups excluding carboxylic acids is 2. The number of rotatable bonds is 1. The van der Waals surface area contributed by atoms with Crippen LogP contribution in [0.25, 0.3) is 5.57 Å². The highest BCUT2D eigenvalue weighted by Gasteiger charge is 2.31. The van der Waals surface area contributed by atoms with Gasteiger partial charge in [0.05, 0.1) is 5.57 Å². The molecule has 0 unspecified atom stereocenters. The Bertz CT molecular complexity index is 547. The van der Waals surface area contributed by atoms with Gasteiger partial charge in [0.1, 0.15) is 0 Å². The SMILES string of the molecule is CC(C)(C)c1ccc(C2=C(O)C(=O)NC2=O)cc1. The number of aliphatic hydroxyl groups excluding tert-OH is 1. The summed E-state index contributed by atoms with van der Waals surface area (Å²) in [6.45, 7) is 6.26. The molecule has 0 saturated heterocycles. The lowest BCUT2D eigenvalue weighted by molar-refractivity contribution is -0.124. The summed E-state index contributed by atoms with van der Waals surface area (Å²) >= 11 is 0. The molecule has 0 bridgehead atoms.